The van der Waals surface area contributed by atoms with Crippen LogP contribution in [0.5, 0.6) is 0 Å². The molecule has 1 fully saturated rings. The van der Waals surface area contributed by atoms with Crippen molar-refractivity contribution in [3.8, 4) is 11.8 Å². The predicted molar refractivity (Wildman–Crippen MR) is 57.8 cm³/mol. The van der Waals surface area contributed by atoms with Crippen molar-refractivity contribution in [2.24, 2.45) is 17.8 Å². The van der Waals surface area contributed by atoms with Gasteiger partial charge in [0.25, 0.3) is 0 Å². The Morgan fingerprint density at radius 1 is 1.21 bits per heavy atom. The first kappa shape index (κ1) is 10.1. The quantitative estimate of drug-likeness (QED) is 0.611. The lowest BCUT2D eigenvalue weighted by atomic mass is 10.2. The Labute approximate surface area is 87.2 Å². The largest absolute Gasteiger partial charge is 0.376 e. The highest BCUT2D eigenvalue weighted by molar-refractivity contribution is 5.12. The molecule has 2 rings (SSSR count). The second-order valence-electron chi connectivity index (χ2n) is 5.51. The summed E-state index contributed by atoms with van der Waals surface area (Å²) in [5, 5.41) is 0. The highest BCUT2D eigenvalue weighted by Gasteiger charge is 2.49. The Morgan fingerprint density at radius 2 is 2.00 bits per heavy atom. The number of hydrogen-bond acceptors (Lipinski definition) is 1. The Kier molecular flexibility index (Phi) is 2.58. The minimum absolute atomic E-state index is 0.0213. The lowest BCUT2D eigenvalue weighted by Gasteiger charge is -2.19. The van der Waals surface area contributed by atoms with Crippen LogP contribution in [-0.2, 0) is 4.74 Å². The van der Waals surface area contributed by atoms with Crippen LogP contribution >= 0.6 is 0 Å². The second-order valence-corrected chi connectivity index (χ2v) is 5.51. The third kappa shape index (κ3) is 2.30. The SMILES string of the molecule is CC(C)(C)OC[C@H]1[C@@H]2CC#CCC[C@@H]21. The predicted octanol–water partition coefficient (Wildman–Crippen LogP) is 2.85. The summed E-state index contributed by atoms with van der Waals surface area (Å²) < 4.78 is 5.84. The molecule has 0 aromatic carbocycles. The Hall–Kier alpha value is -0.480. The van der Waals surface area contributed by atoms with Crippen LogP contribution in [0.15, 0.2) is 0 Å². The molecule has 0 spiro atoms. The molecule has 0 radical (unpaired) electrons. The summed E-state index contributed by atoms with van der Waals surface area (Å²) in [6.45, 7) is 7.34. The zero-order chi connectivity index (χ0) is 10.2. The second kappa shape index (κ2) is 3.59. The summed E-state index contributed by atoms with van der Waals surface area (Å²) in [6, 6.07) is 0. The molecule has 1 saturated carbocycles. The molecule has 0 heterocycles. The smallest absolute Gasteiger partial charge is 0.0598 e. The van der Waals surface area contributed by atoms with E-state index in [2.05, 4.69) is 32.6 Å². The molecule has 2 aliphatic carbocycles. The van der Waals surface area contributed by atoms with Crippen LogP contribution in [-0.4, -0.2) is 12.2 Å². The van der Waals surface area contributed by atoms with E-state index in [4.69, 9.17) is 4.74 Å². The average molecular weight is 192 g/mol. The molecule has 78 valence electrons. The van der Waals surface area contributed by atoms with Gasteiger partial charge < -0.3 is 4.74 Å². The van der Waals surface area contributed by atoms with E-state index in [9.17, 15) is 0 Å². The lowest BCUT2D eigenvalue weighted by molar-refractivity contribution is -0.0121. The van der Waals surface area contributed by atoms with E-state index < -0.39 is 0 Å². The monoisotopic (exact) mass is 192 g/mol. The van der Waals surface area contributed by atoms with Crippen molar-refractivity contribution in [2.75, 3.05) is 6.61 Å². The Balaban J connectivity index is 1.78. The molecule has 0 amide bonds. The fourth-order valence-corrected chi connectivity index (χ4v) is 2.37. The number of ether oxygens (including phenoxy) is 1. The molecular weight excluding hydrogens is 172 g/mol. The topological polar surface area (TPSA) is 9.23 Å². The molecule has 0 saturated heterocycles. The standard InChI is InChI=1S/C13H20O/c1-13(2,3)14-9-12-10-7-5-4-6-8-11(10)12/h10-12H,5,7-9H2,1-3H3/t10-,11+,12+/m0/s1. The van der Waals surface area contributed by atoms with Gasteiger partial charge in [0.1, 0.15) is 0 Å². The van der Waals surface area contributed by atoms with E-state index in [0.717, 1.165) is 37.2 Å². The first-order chi connectivity index (χ1) is 6.58. The zero-order valence-electron chi connectivity index (χ0n) is 9.47. The van der Waals surface area contributed by atoms with Gasteiger partial charge in [-0.15, -0.1) is 11.8 Å². The summed E-state index contributed by atoms with van der Waals surface area (Å²) in [4.78, 5) is 0. The molecule has 0 bridgehead atoms. The molecule has 0 aromatic heterocycles. The van der Waals surface area contributed by atoms with Crippen molar-refractivity contribution in [1.82, 2.24) is 0 Å². The molecule has 14 heavy (non-hydrogen) atoms. The molecule has 0 unspecified atom stereocenters. The summed E-state index contributed by atoms with van der Waals surface area (Å²) >= 11 is 0. The van der Waals surface area contributed by atoms with Crippen molar-refractivity contribution in [3.63, 3.8) is 0 Å². The molecule has 2 aliphatic rings. The van der Waals surface area contributed by atoms with E-state index in [1.54, 1.807) is 0 Å². The lowest BCUT2D eigenvalue weighted by Crippen LogP contribution is -2.21. The average Bonchev–Trinajstić information content (AvgIpc) is 2.72. The third-order valence-electron chi connectivity index (χ3n) is 3.28. The number of fused-ring (bicyclic) bond motifs is 1. The third-order valence-corrected chi connectivity index (χ3v) is 3.28. The van der Waals surface area contributed by atoms with Gasteiger partial charge in [-0.2, -0.15) is 0 Å². The van der Waals surface area contributed by atoms with Crippen LogP contribution in [0.1, 0.15) is 40.0 Å². The van der Waals surface area contributed by atoms with Gasteiger partial charge in [0, 0.05) is 12.8 Å². The molecule has 0 N–H and O–H groups in total. The van der Waals surface area contributed by atoms with Crippen LogP contribution in [0.4, 0.5) is 0 Å². The Bertz CT molecular complexity index is 263. The van der Waals surface area contributed by atoms with Gasteiger partial charge in [0.2, 0.25) is 0 Å². The van der Waals surface area contributed by atoms with Gasteiger partial charge in [-0.3, -0.25) is 0 Å². The van der Waals surface area contributed by atoms with Crippen molar-refractivity contribution in [3.05, 3.63) is 0 Å². The first-order valence-electron chi connectivity index (χ1n) is 5.67. The van der Waals surface area contributed by atoms with Crippen LogP contribution in [0.25, 0.3) is 0 Å². The van der Waals surface area contributed by atoms with Crippen LogP contribution in [0, 0.1) is 29.6 Å². The van der Waals surface area contributed by atoms with E-state index in [0.29, 0.717) is 0 Å². The zero-order valence-corrected chi connectivity index (χ0v) is 9.47. The van der Waals surface area contributed by atoms with Gasteiger partial charge in [-0.1, -0.05) is 0 Å². The minimum atomic E-state index is 0.0213. The highest BCUT2D eigenvalue weighted by Crippen LogP contribution is 2.52. The van der Waals surface area contributed by atoms with Crippen molar-refractivity contribution >= 4 is 0 Å². The molecule has 0 aromatic rings. The summed E-state index contributed by atoms with van der Waals surface area (Å²) in [5.41, 5.74) is 0.0213. The number of hydrogen-bond donors (Lipinski definition) is 0. The van der Waals surface area contributed by atoms with E-state index >= 15 is 0 Å². The summed E-state index contributed by atoms with van der Waals surface area (Å²) in [6.07, 6.45) is 3.52. The summed E-state index contributed by atoms with van der Waals surface area (Å²) in [7, 11) is 0. The van der Waals surface area contributed by atoms with Crippen molar-refractivity contribution < 1.29 is 4.74 Å². The maximum absolute atomic E-state index is 5.84. The van der Waals surface area contributed by atoms with Gasteiger partial charge in [0.15, 0.2) is 0 Å². The molecule has 0 aliphatic heterocycles. The van der Waals surface area contributed by atoms with E-state index in [1.807, 2.05) is 0 Å². The maximum atomic E-state index is 5.84. The normalized spacial score (nSPS) is 35.2. The molecule has 3 atom stereocenters. The van der Waals surface area contributed by atoms with Gasteiger partial charge in [0.05, 0.1) is 12.2 Å². The van der Waals surface area contributed by atoms with Crippen molar-refractivity contribution in [2.45, 2.75) is 45.6 Å². The minimum Gasteiger partial charge on any atom is -0.376 e. The van der Waals surface area contributed by atoms with E-state index in [-0.39, 0.29) is 5.60 Å². The molecule has 1 nitrogen and oxygen atoms in total. The van der Waals surface area contributed by atoms with Crippen LogP contribution < -0.4 is 0 Å². The molecule has 1 heteroatoms. The van der Waals surface area contributed by atoms with E-state index in [1.165, 1.54) is 6.42 Å². The van der Waals surface area contributed by atoms with Crippen LogP contribution in [0.3, 0.4) is 0 Å². The molecular formula is C13H20O. The van der Waals surface area contributed by atoms with Crippen LogP contribution in [0.2, 0.25) is 0 Å². The maximum Gasteiger partial charge on any atom is 0.0598 e. The fourth-order valence-electron chi connectivity index (χ4n) is 2.37. The highest BCUT2D eigenvalue weighted by atomic mass is 16.5. The number of rotatable bonds is 2. The van der Waals surface area contributed by atoms with Gasteiger partial charge in [-0.05, 0) is 44.9 Å². The van der Waals surface area contributed by atoms with Gasteiger partial charge >= 0.3 is 0 Å². The fraction of sp³-hybridized carbons (Fsp3) is 0.846. The summed E-state index contributed by atoms with van der Waals surface area (Å²) in [5.74, 6) is 9.04. The first-order valence-corrected chi connectivity index (χ1v) is 5.67. The van der Waals surface area contributed by atoms with Gasteiger partial charge in [-0.25, -0.2) is 0 Å². The Morgan fingerprint density at radius 3 is 2.71 bits per heavy atom. The van der Waals surface area contributed by atoms with Crippen molar-refractivity contribution in [1.29, 1.82) is 0 Å².